The molecule has 0 aromatic heterocycles. The van der Waals surface area contributed by atoms with Crippen LogP contribution < -0.4 is 9.47 Å². The lowest BCUT2D eigenvalue weighted by Crippen LogP contribution is -2.45. The number of rotatable bonds is 7. The Balaban J connectivity index is 1.40. The topological polar surface area (TPSA) is 121 Å². The average molecular weight is 513 g/mol. The van der Waals surface area contributed by atoms with E-state index in [1.165, 1.54) is 13.0 Å². The van der Waals surface area contributed by atoms with Crippen molar-refractivity contribution in [2.45, 2.75) is 20.8 Å². The predicted molar refractivity (Wildman–Crippen MR) is 138 cm³/mol. The number of sulfone groups is 1. The van der Waals surface area contributed by atoms with Crippen LogP contribution >= 0.6 is 11.9 Å². The lowest BCUT2D eigenvalue weighted by atomic mass is 10.1. The van der Waals surface area contributed by atoms with Crippen LogP contribution in [0.25, 0.3) is 6.08 Å². The molecular weight excluding hydrogens is 488 g/mol. The minimum absolute atomic E-state index is 0.0224. The monoisotopic (exact) mass is 512 g/mol. The number of amidine groups is 3. The van der Waals surface area contributed by atoms with E-state index < -0.39 is 15.7 Å². The predicted octanol–water partition coefficient (Wildman–Crippen LogP) is 3.77. The highest BCUT2D eigenvalue weighted by molar-refractivity contribution is 8.16. The average Bonchev–Trinajstić information content (AvgIpc) is 3.24. The second-order valence-electron chi connectivity index (χ2n) is 7.90. The van der Waals surface area contributed by atoms with Crippen molar-refractivity contribution in [3.05, 3.63) is 64.7 Å². The lowest BCUT2D eigenvalue weighted by Gasteiger charge is -2.24. The smallest absolute Gasteiger partial charge is 0.283 e. The second-order valence-corrected chi connectivity index (χ2v) is 10.8. The number of fused-ring (bicyclic) bond motifs is 1. The second kappa shape index (κ2) is 10.0. The van der Waals surface area contributed by atoms with Gasteiger partial charge in [-0.05, 0) is 60.9 Å². The van der Waals surface area contributed by atoms with Crippen molar-refractivity contribution in [3.8, 4) is 11.5 Å². The number of aliphatic imine (C=N–C) groups is 1. The zero-order valence-electron chi connectivity index (χ0n) is 19.4. The third-order valence-corrected chi connectivity index (χ3v) is 7.57. The van der Waals surface area contributed by atoms with Crippen molar-refractivity contribution in [2.24, 2.45) is 9.39 Å². The van der Waals surface area contributed by atoms with Gasteiger partial charge in [-0.15, -0.1) is 0 Å². The minimum atomic E-state index is -3.69. The van der Waals surface area contributed by atoms with Gasteiger partial charge < -0.3 is 9.47 Å². The van der Waals surface area contributed by atoms with Gasteiger partial charge in [-0.1, -0.05) is 25.1 Å². The molecule has 2 aliphatic heterocycles. The Morgan fingerprint density at radius 1 is 1.03 bits per heavy atom. The van der Waals surface area contributed by atoms with Crippen LogP contribution in [0.5, 0.6) is 11.5 Å². The van der Waals surface area contributed by atoms with E-state index in [0.29, 0.717) is 24.5 Å². The molecule has 4 rings (SSSR count). The molecule has 11 heteroatoms. The minimum Gasteiger partial charge on any atom is -0.490 e. The van der Waals surface area contributed by atoms with Gasteiger partial charge in [-0.25, -0.2) is 13.3 Å². The van der Waals surface area contributed by atoms with Gasteiger partial charge in [0, 0.05) is 0 Å². The molecular formula is C24H24N4O5S2. The van der Waals surface area contributed by atoms with Gasteiger partial charge in [0.05, 0.1) is 23.3 Å². The molecule has 182 valence electrons. The fourth-order valence-electron chi connectivity index (χ4n) is 3.49. The van der Waals surface area contributed by atoms with Crippen LogP contribution in [-0.2, 0) is 14.6 Å². The van der Waals surface area contributed by atoms with Crippen molar-refractivity contribution in [3.63, 3.8) is 0 Å². The molecule has 9 nitrogen and oxygen atoms in total. The van der Waals surface area contributed by atoms with Gasteiger partial charge in [0.15, 0.2) is 0 Å². The maximum atomic E-state index is 12.5. The first-order valence-corrected chi connectivity index (χ1v) is 13.3. The highest BCUT2D eigenvalue weighted by Gasteiger charge is 2.42. The fourth-order valence-corrected chi connectivity index (χ4v) is 5.45. The molecule has 0 saturated heterocycles. The number of ether oxygens (including phenoxy) is 2. The van der Waals surface area contributed by atoms with Crippen molar-refractivity contribution in [1.29, 1.82) is 5.41 Å². The quantitative estimate of drug-likeness (QED) is 0.340. The van der Waals surface area contributed by atoms with Crippen LogP contribution in [0.1, 0.15) is 23.6 Å². The number of carbonyl (C=O) groups is 1. The number of amides is 1. The van der Waals surface area contributed by atoms with Gasteiger partial charge in [-0.2, -0.15) is 9.39 Å². The van der Waals surface area contributed by atoms with E-state index in [-0.39, 0.29) is 27.5 Å². The molecule has 0 bridgehead atoms. The highest BCUT2D eigenvalue weighted by atomic mass is 32.2. The Labute approximate surface area is 208 Å². The van der Waals surface area contributed by atoms with E-state index in [1.54, 1.807) is 24.3 Å². The number of aryl methyl sites for hydroxylation is 2. The molecule has 35 heavy (non-hydrogen) atoms. The molecule has 2 heterocycles. The molecule has 0 saturated carbocycles. The molecule has 0 atom stereocenters. The number of nitrogens with one attached hydrogen (secondary N) is 1. The van der Waals surface area contributed by atoms with E-state index in [9.17, 15) is 13.2 Å². The van der Waals surface area contributed by atoms with Gasteiger partial charge >= 0.3 is 0 Å². The van der Waals surface area contributed by atoms with Crippen molar-refractivity contribution >= 4 is 49.9 Å². The van der Waals surface area contributed by atoms with Crippen molar-refractivity contribution in [2.75, 3.05) is 19.0 Å². The Hall–Kier alpha value is -3.44. The number of hydrogen-bond acceptors (Lipinski definition) is 8. The number of carbonyl (C=O) groups excluding carboxylic acids is 1. The Bertz CT molecular complexity index is 1360. The molecule has 2 aliphatic rings. The lowest BCUT2D eigenvalue weighted by molar-refractivity contribution is -0.114. The largest absolute Gasteiger partial charge is 0.490 e. The summed E-state index contributed by atoms with van der Waals surface area (Å²) < 4.78 is 40.1. The standard InChI is InChI=1S/C24H24N4O5S2/c1-4-35(30,31)24-27-34-23-26-22(29)20(21(25)28(23)24)14-17-5-7-18(8-6-17)32-9-10-33-19-12-15(2)11-16(3)13-19/h5-8,11-14,25H,4,9-10H2,1-3H3/b20-14-,25-21?. The molecule has 0 unspecified atom stereocenters. The molecule has 0 aliphatic carbocycles. The number of nitrogens with zero attached hydrogens (tertiary/aromatic N) is 3. The zero-order chi connectivity index (χ0) is 25.2. The summed E-state index contributed by atoms with van der Waals surface area (Å²) in [7, 11) is -3.69. The SMILES string of the molecule is CCS(=O)(=O)C1=NSC2=NC(=O)/C(=C\c3ccc(OCCOc4cc(C)cc(C)c4)cc3)C(=N)N21. The Morgan fingerprint density at radius 2 is 1.66 bits per heavy atom. The normalized spacial score (nSPS) is 16.8. The summed E-state index contributed by atoms with van der Waals surface area (Å²) >= 11 is 0.773. The van der Waals surface area contributed by atoms with Gasteiger partial charge in [-0.3, -0.25) is 10.2 Å². The van der Waals surface area contributed by atoms with Crippen LogP contribution in [0.4, 0.5) is 0 Å². The first kappa shape index (κ1) is 24.7. The fraction of sp³-hybridized carbons (Fsp3) is 0.250. The third-order valence-electron chi connectivity index (χ3n) is 5.16. The van der Waals surface area contributed by atoms with Gasteiger partial charge in [0.2, 0.25) is 20.2 Å². The Kier molecular flexibility index (Phi) is 7.08. The first-order chi connectivity index (χ1) is 16.7. The molecule has 2 aromatic rings. The van der Waals surface area contributed by atoms with Crippen molar-refractivity contribution in [1.82, 2.24) is 4.90 Å². The number of hydrogen-bond donors (Lipinski definition) is 1. The summed E-state index contributed by atoms with van der Waals surface area (Å²) in [5, 5.41) is 8.24. The van der Waals surface area contributed by atoms with E-state index in [0.717, 1.165) is 33.7 Å². The van der Waals surface area contributed by atoms with Gasteiger partial charge in [0.1, 0.15) is 30.5 Å². The molecule has 1 amide bonds. The maximum absolute atomic E-state index is 12.5. The molecule has 0 radical (unpaired) electrons. The van der Waals surface area contributed by atoms with Gasteiger partial charge in [0.25, 0.3) is 5.91 Å². The van der Waals surface area contributed by atoms with Crippen LogP contribution in [-0.4, -0.2) is 54.4 Å². The summed E-state index contributed by atoms with van der Waals surface area (Å²) in [6.45, 7) is 6.27. The summed E-state index contributed by atoms with van der Waals surface area (Å²) in [4.78, 5) is 17.5. The first-order valence-electron chi connectivity index (χ1n) is 10.8. The van der Waals surface area contributed by atoms with Crippen LogP contribution in [0.3, 0.4) is 0 Å². The third kappa shape index (κ3) is 5.46. The molecule has 1 N–H and O–H groups in total. The van der Waals surface area contributed by atoms with E-state index in [2.05, 4.69) is 15.5 Å². The highest BCUT2D eigenvalue weighted by Crippen LogP contribution is 2.30. The molecule has 2 aromatic carbocycles. The maximum Gasteiger partial charge on any atom is 0.283 e. The summed E-state index contributed by atoms with van der Waals surface area (Å²) in [5.74, 6) is 0.358. The van der Waals surface area contributed by atoms with E-state index >= 15 is 0 Å². The molecule has 0 fully saturated rings. The number of benzene rings is 2. The van der Waals surface area contributed by atoms with Crippen LogP contribution in [0.2, 0.25) is 0 Å². The van der Waals surface area contributed by atoms with Crippen LogP contribution in [0.15, 0.2) is 57.4 Å². The summed E-state index contributed by atoms with van der Waals surface area (Å²) in [6, 6.07) is 13.0. The molecule has 0 spiro atoms. The van der Waals surface area contributed by atoms with E-state index in [1.807, 2.05) is 26.0 Å². The Morgan fingerprint density at radius 3 is 2.29 bits per heavy atom. The van der Waals surface area contributed by atoms with Crippen molar-refractivity contribution < 1.29 is 22.7 Å². The summed E-state index contributed by atoms with van der Waals surface area (Å²) in [6.07, 6.45) is 1.50. The van der Waals surface area contributed by atoms with E-state index in [4.69, 9.17) is 14.9 Å². The van der Waals surface area contributed by atoms with Crippen LogP contribution in [0, 0.1) is 19.3 Å². The zero-order valence-corrected chi connectivity index (χ0v) is 21.1. The summed E-state index contributed by atoms with van der Waals surface area (Å²) in [5.41, 5.74) is 2.89.